The van der Waals surface area contributed by atoms with Gasteiger partial charge in [-0.15, -0.1) is 0 Å². The van der Waals surface area contributed by atoms with Gasteiger partial charge in [-0.3, -0.25) is 10.0 Å². The van der Waals surface area contributed by atoms with Gasteiger partial charge in [0.25, 0.3) is 5.91 Å². The standard InChI is InChI=1S/C13H13NO2/c15-13(14-16)12-8-6-11(7-9-12)10-4-2-1-3-5-10/h1-2,4,6-9,16H,3,5H2,(H,14,15). The summed E-state index contributed by atoms with van der Waals surface area (Å²) in [5.41, 5.74) is 4.47. The highest BCUT2D eigenvalue weighted by atomic mass is 16.5. The topological polar surface area (TPSA) is 49.3 Å². The lowest BCUT2D eigenvalue weighted by atomic mass is 9.96. The maximum atomic E-state index is 11.1. The van der Waals surface area contributed by atoms with Crippen molar-refractivity contribution in [2.24, 2.45) is 0 Å². The molecule has 0 aromatic heterocycles. The summed E-state index contributed by atoms with van der Waals surface area (Å²) in [6.07, 6.45) is 8.36. The van der Waals surface area contributed by atoms with Crippen LogP contribution >= 0.6 is 0 Å². The number of nitrogens with one attached hydrogen (secondary N) is 1. The number of benzene rings is 1. The van der Waals surface area contributed by atoms with Crippen LogP contribution in [-0.2, 0) is 0 Å². The Balaban J connectivity index is 2.22. The molecule has 0 saturated carbocycles. The van der Waals surface area contributed by atoms with Gasteiger partial charge in [0.1, 0.15) is 0 Å². The molecule has 1 aliphatic carbocycles. The average Bonchev–Trinajstić information content (AvgIpc) is 2.39. The van der Waals surface area contributed by atoms with E-state index in [0.717, 1.165) is 18.4 Å². The summed E-state index contributed by atoms with van der Waals surface area (Å²) >= 11 is 0. The van der Waals surface area contributed by atoms with Gasteiger partial charge >= 0.3 is 0 Å². The number of amides is 1. The quantitative estimate of drug-likeness (QED) is 0.588. The second-order valence-corrected chi connectivity index (χ2v) is 3.68. The highest BCUT2D eigenvalue weighted by Gasteiger charge is 2.06. The third-order valence-corrected chi connectivity index (χ3v) is 2.63. The fraction of sp³-hybridized carbons (Fsp3) is 0.154. The smallest absolute Gasteiger partial charge is 0.274 e. The highest BCUT2D eigenvalue weighted by Crippen LogP contribution is 2.23. The van der Waals surface area contributed by atoms with E-state index in [1.54, 1.807) is 17.6 Å². The number of allylic oxidation sites excluding steroid dienone is 4. The Morgan fingerprint density at radius 2 is 2.00 bits per heavy atom. The molecule has 0 aliphatic heterocycles. The van der Waals surface area contributed by atoms with Crippen LogP contribution in [0.25, 0.3) is 5.57 Å². The van der Waals surface area contributed by atoms with Gasteiger partial charge in [-0.2, -0.15) is 0 Å². The maximum absolute atomic E-state index is 11.1. The number of carbonyl (C=O) groups is 1. The van der Waals surface area contributed by atoms with Gasteiger partial charge in [0.05, 0.1) is 0 Å². The molecule has 0 fully saturated rings. The summed E-state index contributed by atoms with van der Waals surface area (Å²) in [5, 5.41) is 8.49. The molecule has 0 bridgehead atoms. The monoisotopic (exact) mass is 215 g/mol. The van der Waals surface area contributed by atoms with E-state index in [-0.39, 0.29) is 0 Å². The lowest BCUT2D eigenvalue weighted by molar-refractivity contribution is 0.0706. The normalized spacial score (nSPS) is 14.4. The summed E-state index contributed by atoms with van der Waals surface area (Å²) in [6.45, 7) is 0. The molecular weight excluding hydrogens is 202 g/mol. The van der Waals surface area contributed by atoms with Crippen LogP contribution in [0.1, 0.15) is 28.8 Å². The zero-order valence-corrected chi connectivity index (χ0v) is 8.81. The molecule has 1 amide bonds. The van der Waals surface area contributed by atoms with Crippen molar-refractivity contribution in [1.82, 2.24) is 5.48 Å². The van der Waals surface area contributed by atoms with Crippen molar-refractivity contribution in [2.45, 2.75) is 12.8 Å². The predicted octanol–water partition coefficient (Wildman–Crippen LogP) is 2.54. The molecule has 2 rings (SSSR count). The summed E-state index contributed by atoms with van der Waals surface area (Å²) < 4.78 is 0. The van der Waals surface area contributed by atoms with Crippen LogP contribution in [0.15, 0.2) is 42.5 Å². The molecular formula is C13H13NO2. The van der Waals surface area contributed by atoms with Gasteiger partial charge in [0, 0.05) is 5.56 Å². The van der Waals surface area contributed by atoms with Crippen LogP contribution in [0.2, 0.25) is 0 Å². The number of hydrogen-bond acceptors (Lipinski definition) is 2. The number of hydroxylamine groups is 1. The first-order valence-electron chi connectivity index (χ1n) is 5.22. The molecule has 0 heterocycles. The van der Waals surface area contributed by atoms with Gasteiger partial charge in [0.2, 0.25) is 0 Å². The molecule has 1 aromatic rings. The minimum Gasteiger partial charge on any atom is -0.288 e. The Labute approximate surface area is 94.1 Å². The number of rotatable bonds is 2. The molecule has 1 aromatic carbocycles. The van der Waals surface area contributed by atoms with Crippen molar-refractivity contribution in [3.05, 3.63) is 53.6 Å². The van der Waals surface area contributed by atoms with Gasteiger partial charge in [-0.25, -0.2) is 5.48 Å². The van der Waals surface area contributed by atoms with E-state index >= 15 is 0 Å². The van der Waals surface area contributed by atoms with Gasteiger partial charge in [-0.1, -0.05) is 30.4 Å². The van der Waals surface area contributed by atoms with Crippen LogP contribution in [0, 0.1) is 0 Å². The van der Waals surface area contributed by atoms with Gasteiger partial charge in [-0.05, 0) is 36.1 Å². The zero-order valence-electron chi connectivity index (χ0n) is 8.81. The Kier molecular flexibility index (Phi) is 3.17. The van der Waals surface area contributed by atoms with Crippen LogP contribution < -0.4 is 5.48 Å². The highest BCUT2D eigenvalue weighted by molar-refractivity contribution is 5.93. The molecule has 0 atom stereocenters. The fourth-order valence-corrected chi connectivity index (χ4v) is 1.74. The maximum Gasteiger partial charge on any atom is 0.274 e. The lowest BCUT2D eigenvalue weighted by Gasteiger charge is -2.09. The Morgan fingerprint density at radius 1 is 1.25 bits per heavy atom. The summed E-state index contributed by atoms with van der Waals surface area (Å²) in [6, 6.07) is 7.21. The average molecular weight is 215 g/mol. The first-order chi connectivity index (χ1) is 7.81. The van der Waals surface area contributed by atoms with Crippen molar-refractivity contribution >= 4 is 11.5 Å². The molecule has 0 spiro atoms. The number of carbonyl (C=O) groups excluding carboxylic acids is 1. The molecule has 2 N–H and O–H groups in total. The second kappa shape index (κ2) is 4.77. The third-order valence-electron chi connectivity index (χ3n) is 2.63. The van der Waals surface area contributed by atoms with E-state index in [0.29, 0.717) is 5.56 Å². The molecule has 1 aliphatic rings. The van der Waals surface area contributed by atoms with E-state index in [1.165, 1.54) is 5.57 Å². The summed E-state index contributed by atoms with van der Waals surface area (Å²) in [5.74, 6) is -0.482. The molecule has 82 valence electrons. The van der Waals surface area contributed by atoms with Crippen molar-refractivity contribution < 1.29 is 10.0 Å². The van der Waals surface area contributed by atoms with Crippen molar-refractivity contribution in [2.75, 3.05) is 0 Å². The SMILES string of the molecule is O=C(NO)c1ccc(C2=CC=CCC2)cc1. The van der Waals surface area contributed by atoms with E-state index < -0.39 is 5.91 Å². The van der Waals surface area contributed by atoms with Crippen molar-refractivity contribution in [3.63, 3.8) is 0 Å². The minimum atomic E-state index is -0.482. The van der Waals surface area contributed by atoms with Gasteiger partial charge in [0.15, 0.2) is 0 Å². The van der Waals surface area contributed by atoms with E-state index in [4.69, 9.17) is 5.21 Å². The lowest BCUT2D eigenvalue weighted by Crippen LogP contribution is -2.18. The number of hydrogen-bond donors (Lipinski definition) is 2. The fourth-order valence-electron chi connectivity index (χ4n) is 1.74. The summed E-state index contributed by atoms with van der Waals surface area (Å²) in [7, 11) is 0. The minimum absolute atomic E-state index is 0.457. The van der Waals surface area contributed by atoms with E-state index in [9.17, 15) is 4.79 Å². The molecule has 3 nitrogen and oxygen atoms in total. The van der Waals surface area contributed by atoms with Crippen LogP contribution in [0.3, 0.4) is 0 Å². The van der Waals surface area contributed by atoms with Gasteiger partial charge < -0.3 is 0 Å². The van der Waals surface area contributed by atoms with Crippen molar-refractivity contribution in [3.8, 4) is 0 Å². The zero-order chi connectivity index (χ0) is 11.4. The van der Waals surface area contributed by atoms with Crippen LogP contribution in [-0.4, -0.2) is 11.1 Å². The second-order valence-electron chi connectivity index (χ2n) is 3.68. The predicted molar refractivity (Wildman–Crippen MR) is 62.0 cm³/mol. The first kappa shape index (κ1) is 10.6. The molecule has 0 saturated heterocycles. The van der Waals surface area contributed by atoms with E-state index in [1.807, 2.05) is 18.2 Å². The van der Waals surface area contributed by atoms with Crippen LogP contribution in [0.5, 0.6) is 0 Å². The van der Waals surface area contributed by atoms with E-state index in [2.05, 4.69) is 12.2 Å². The molecule has 0 radical (unpaired) electrons. The first-order valence-corrected chi connectivity index (χ1v) is 5.22. The third kappa shape index (κ3) is 2.20. The van der Waals surface area contributed by atoms with Crippen LogP contribution in [0.4, 0.5) is 0 Å². The Bertz CT molecular complexity index is 444. The molecule has 16 heavy (non-hydrogen) atoms. The Hall–Kier alpha value is -1.87. The molecule has 3 heteroatoms. The summed E-state index contributed by atoms with van der Waals surface area (Å²) in [4.78, 5) is 11.1. The van der Waals surface area contributed by atoms with Crippen molar-refractivity contribution in [1.29, 1.82) is 0 Å². The Morgan fingerprint density at radius 3 is 2.56 bits per heavy atom. The molecule has 0 unspecified atom stereocenters. The largest absolute Gasteiger partial charge is 0.288 e.